The molecule has 0 fully saturated rings. The van der Waals surface area contributed by atoms with Crippen molar-refractivity contribution in [2.45, 2.75) is 6.54 Å². The summed E-state index contributed by atoms with van der Waals surface area (Å²) in [6.45, 7) is 0.269. The van der Waals surface area contributed by atoms with Crippen LogP contribution >= 0.6 is 11.6 Å². The Labute approximate surface area is 127 Å². The van der Waals surface area contributed by atoms with E-state index in [4.69, 9.17) is 21.6 Å². The second-order valence-electron chi connectivity index (χ2n) is 4.30. The van der Waals surface area contributed by atoms with Gasteiger partial charge in [0.2, 0.25) is 0 Å². The maximum absolute atomic E-state index is 11.7. The predicted octanol–water partition coefficient (Wildman–Crippen LogP) is 2.91. The average Bonchev–Trinajstić information content (AvgIpc) is 2.52. The molecule has 0 saturated heterocycles. The van der Waals surface area contributed by atoms with Gasteiger partial charge in [-0.1, -0.05) is 35.9 Å². The zero-order valence-corrected chi connectivity index (χ0v) is 11.9. The fraction of sp³-hybridized carbons (Fsp3) is 0.125. The Kier molecular flexibility index (Phi) is 5.19. The molecule has 0 aromatic heterocycles. The number of benzene rings is 2. The molecule has 0 saturated carbocycles. The van der Waals surface area contributed by atoms with E-state index in [1.807, 2.05) is 18.2 Å². The summed E-state index contributed by atoms with van der Waals surface area (Å²) in [5, 5.41) is 12.3. The molecule has 0 aliphatic carbocycles. The first-order valence-electron chi connectivity index (χ1n) is 6.32. The lowest BCUT2D eigenvalue weighted by atomic mass is 10.2. The molecule has 21 heavy (non-hydrogen) atoms. The monoisotopic (exact) mass is 300 g/mol. The smallest absolute Gasteiger partial charge is 0.258 e. The van der Waals surface area contributed by atoms with Crippen LogP contribution in [-0.2, 0) is 11.3 Å². The molecule has 0 aliphatic rings. The molecule has 5 heteroatoms. The Balaban J connectivity index is 1.82. The summed E-state index contributed by atoms with van der Waals surface area (Å²) in [6, 6.07) is 16.0. The van der Waals surface area contributed by atoms with E-state index in [1.54, 1.807) is 36.4 Å². The van der Waals surface area contributed by atoms with Crippen LogP contribution in [0.2, 0.25) is 5.02 Å². The number of carbonyl (C=O) groups excluding carboxylic acids is 1. The second kappa shape index (κ2) is 7.32. The van der Waals surface area contributed by atoms with Crippen molar-refractivity contribution in [3.05, 3.63) is 64.7 Å². The third kappa shape index (κ3) is 4.51. The van der Waals surface area contributed by atoms with Gasteiger partial charge in [0, 0.05) is 11.6 Å². The van der Waals surface area contributed by atoms with Gasteiger partial charge >= 0.3 is 0 Å². The van der Waals surface area contributed by atoms with Crippen LogP contribution in [0.5, 0.6) is 5.75 Å². The van der Waals surface area contributed by atoms with Gasteiger partial charge in [-0.15, -0.1) is 0 Å². The van der Waals surface area contributed by atoms with E-state index in [2.05, 4.69) is 5.32 Å². The molecule has 2 aromatic rings. The number of ether oxygens (including phenoxy) is 1. The number of halogens is 1. The van der Waals surface area contributed by atoms with Crippen molar-refractivity contribution >= 4 is 17.5 Å². The van der Waals surface area contributed by atoms with E-state index >= 15 is 0 Å². The summed E-state index contributed by atoms with van der Waals surface area (Å²) in [6.07, 6.45) is 0. The fourth-order valence-electron chi connectivity index (χ4n) is 1.68. The van der Waals surface area contributed by atoms with Crippen LogP contribution in [0.25, 0.3) is 0 Å². The summed E-state index contributed by atoms with van der Waals surface area (Å²) in [5.74, 6) is 0.152. The van der Waals surface area contributed by atoms with Crippen molar-refractivity contribution < 1.29 is 9.53 Å². The number of para-hydroxylation sites is 1. The highest BCUT2D eigenvalue weighted by Crippen LogP contribution is 2.16. The van der Waals surface area contributed by atoms with Gasteiger partial charge in [-0.2, -0.15) is 5.26 Å². The van der Waals surface area contributed by atoms with Gasteiger partial charge in [-0.3, -0.25) is 4.79 Å². The zero-order valence-electron chi connectivity index (χ0n) is 11.2. The molecular weight excluding hydrogens is 288 g/mol. The standard InChI is InChI=1S/C16H13ClN2O2/c17-14-7-5-12(6-8-14)10-19-16(20)11-21-15-4-2-1-3-13(15)9-18/h1-8H,10-11H2,(H,19,20). The summed E-state index contributed by atoms with van der Waals surface area (Å²) < 4.78 is 5.34. The number of rotatable bonds is 5. The van der Waals surface area contributed by atoms with Gasteiger partial charge in [0.15, 0.2) is 6.61 Å². The van der Waals surface area contributed by atoms with E-state index in [-0.39, 0.29) is 12.5 Å². The minimum absolute atomic E-state index is 0.133. The molecule has 106 valence electrons. The van der Waals surface area contributed by atoms with Gasteiger partial charge < -0.3 is 10.1 Å². The van der Waals surface area contributed by atoms with E-state index in [1.165, 1.54) is 0 Å². The molecule has 1 N–H and O–H groups in total. The van der Waals surface area contributed by atoms with E-state index < -0.39 is 0 Å². The highest BCUT2D eigenvalue weighted by atomic mass is 35.5. The number of hydrogen-bond donors (Lipinski definition) is 1. The molecule has 0 radical (unpaired) electrons. The highest BCUT2D eigenvalue weighted by Gasteiger charge is 2.06. The number of carbonyl (C=O) groups is 1. The molecular formula is C16H13ClN2O2. The maximum Gasteiger partial charge on any atom is 0.258 e. The van der Waals surface area contributed by atoms with Crippen LogP contribution in [0.1, 0.15) is 11.1 Å². The summed E-state index contributed by atoms with van der Waals surface area (Å²) >= 11 is 5.79. The van der Waals surface area contributed by atoms with Crippen molar-refractivity contribution in [2.75, 3.05) is 6.61 Å². The summed E-state index contributed by atoms with van der Waals surface area (Å²) in [7, 11) is 0. The van der Waals surface area contributed by atoms with E-state index in [0.29, 0.717) is 22.9 Å². The molecule has 1 amide bonds. The number of hydrogen-bond acceptors (Lipinski definition) is 3. The fourth-order valence-corrected chi connectivity index (χ4v) is 1.81. The molecule has 2 aromatic carbocycles. The third-order valence-electron chi connectivity index (χ3n) is 2.77. The molecule has 4 nitrogen and oxygen atoms in total. The number of nitriles is 1. The normalized spacial score (nSPS) is 9.71. The first-order valence-corrected chi connectivity index (χ1v) is 6.70. The Hall–Kier alpha value is -2.51. The lowest BCUT2D eigenvalue weighted by Crippen LogP contribution is -2.28. The molecule has 0 aliphatic heterocycles. The number of nitrogens with one attached hydrogen (secondary N) is 1. The largest absolute Gasteiger partial charge is 0.482 e. The van der Waals surface area contributed by atoms with Gasteiger partial charge in [-0.05, 0) is 29.8 Å². The van der Waals surface area contributed by atoms with Crippen LogP contribution < -0.4 is 10.1 Å². The lowest BCUT2D eigenvalue weighted by molar-refractivity contribution is -0.123. The minimum Gasteiger partial charge on any atom is -0.482 e. The number of nitrogens with zero attached hydrogens (tertiary/aromatic N) is 1. The van der Waals surface area contributed by atoms with Crippen molar-refractivity contribution in [2.24, 2.45) is 0 Å². The summed E-state index contributed by atoms with van der Waals surface area (Å²) in [4.78, 5) is 11.7. The van der Waals surface area contributed by atoms with Crippen LogP contribution in [-0.4, -0.2) is 12.5 Å². The average molecular weight is 301 g/mol. The Morgan fingerprint density at radius 3 is 2.62 bits per heavy atom. The van der Waals surface area contributed by atoms with E-state index in [0.717, 1.165) is 5.56 Å². The Bertz CT molecular complexity index is 663. The SMILES string of the molecule is N#Cc1ccccc1OCC(=O)NCc1ccc(Cl)cc1. The van der Waals surface area contributed by atoms with Crippen LogP contribution in [0.4, 0.5) is 0 Å². The number of amides is 1. The van der Waals surface area contributed by atoms with Crippen molar-refractivity contribution in [1.82, 2.24) is 5.32 Å². The van der Waals surface area contributed by atoms with Crippen molar-refractivity contribution in [3.63, 3.8) is 0 Å². The lowest BCUT2D eigenvalue weighted by Gasteiger charge is -2.08. The van der Waals surface area contributed by atoms with Gasteiger partial charge in [0.1, 0.15) is 11.8 Å². The van der Waals surface area contributed by atoms with Gasteiger partial charge in [-0.25, -0.2) is 0 Å². The van der Waals surface area contributed by atoms with E-state index in [9.17, 15) is 4.79 Å². The van der Waals surface area contributed by atoms with Gasteiger partial charge in [0.05, 0.1) is 5.56 Å². The molecule has 0 heterocycles. The summed E-state index contributed by atoms with van der Waals surface area (Å²) in [5.41, 5.74) is 1.35. The molecule has 0 bridgehead atoms. The molecule has 0 unspecified atom stereocenters. The molecule has 0 spiro atoms. The van der Waals surface area contributed by atoms with Crippen LogP contribution in [0.3, 0.4) is 0 Å². The minimum atomic E-state index is -0.252. The first-order chi connectivity index (χ1) is 10.2. The quantitative estimate of drug-likeness (QED) is 0.923. The van der Waals surface area contributed by atoms with Crippen molar-refractivity contribution in [1.29, 1.82) is 5.26 Å². The van der Waals surface area contributed by atoms with Crippen LogP contribution in [0.15, 0.2) is 48.5 Å². The first kappa shape index (κ1) is 14.9. The maximum atomic E-state index is 11.7. The highest BCUT2D eigenvalue weighted by molar-refractivity contribution is 6.30. The van der Waals surface area contributed by atoms with Crippen LogP contribution in [0, 0.1) is 11.3 Å². The predicted molar refractivity (Wildman–Crippen MR) is 80.0 cm³/mol. The topological polar surface area (TPSA) is 62.1 Å². The molecule has 2 rings (SSSR count). The van der Waals surface area contributed by atoms with Crippen molar-refractivity contribution in [3.8, 4) is 11.8 Å². The third-order valence-corrected chi connectivity index (χ3v) is 3.02. The Morgan fingerprint density at radius 1 is 1.19 bits per heavy atom. The van der Waals surface area contributed by atoms with Gasteiger partial charge in [0.25, 0.3) is 5.91 Å². The zero-order chi connectivity index (χ0) is 15.1. The Morgan fingerprint density at radius 2 is 1.90 bits per heavy atom. The second-order valence-corrected chi connectivity index (χ2v) is 4.74. The molecule has 0 atom stereocenters.